The second kappa shape index (κ2) is 7.83. The van der Waals surface area contributed by atoms with Gasteiger partial charge in [0.15, 0.2) is 6.61 Å². The minimum Gasteiger partial charge on any atom is -0.452 e. The maximum absolute atomic E-state index is 13.4. The number of aromatic nitrogens is 1. The Morgan fingerprint density at radius 2 is 2.00 bits per heavy atom. The molecule has 8 heteroatoms. The molecule has 0 spiro atoms. The van der Waals surface area contributed by atoms with Gasteiger partial charge in [0.1, 0.15) is 16.6 Å². The zero-order valence-electron chi connectivity index (χ0n) is 13.2. The smallest absolute Gasteiger partial charge is 0.331 e. The number of ether oxygens (including phenoxy) is 1. The lowest BCUT2D eigenvalue weighted by molar-refractivity contribution is -0.142. The van der Waals surface area contributed by atoms with E-state index in [9.17, 15) is 18.4 Å². The summed E-state index contributed by atoms with van der Waals surface area (Å²) >= 11 is 1.41. The molecule has 0 aliphatic heterocycles. The van der Waals surface area contributed by atoms with Crippen LogP contribution < -0.4 is 5.32 Å². The third kappa shape index (κ3) is 4.48. The van der Waals surface area contributed by atoms with Crippen molar-refractivity contribution < 1.29 is 23.1 Å². The number of rotatable bonds is 5. The summed E-state index contributed by atoms with van der Waals surface area (Å²) in [6.45, 7) is -0.597. The molecular formula is C18H12F2N2O3S. The van der Waals surface area contributed by atoms with Crippen molar-refractivity contribution in [2.24, 2.45) is 0 Å². The highest BCUT2D eigenvalue weighted by molar-refractivity contribution is 7.19. The lowest BCUT2D eigenvalue weighted by atomic mass is 10.3. The van der Waals surface area contributed by atoms with Crippen molar-refractivity contribution in [3.63, 3.8) is 0 Å². The quantitative estimate of drug-likeness (QED) is 0.545. The summed E-state index contributed by atoms with van der Waals surface area (Å²) in [5.74, 6) is -3.15. The summed E-state index contributed by atoms with van der Waals surface area (Å²) in [6.07, 6.45) is 2.65. The molecule has 1 aromatic heterocycles. The highest BCUT2D eigenvalue weighted by Gasteiger charge is 2.10. The predicted octanol–water partition coefficient (Wildman–Crippen LogP) is 3.77. The number of hydrogen-bond acceptors (Lipinski definition) is 5. The molecule has 0 saturated heterocycles. The van der Waals surface area contributed by atoms with Crippen LogP contribution in [0.5, 0.6) is 0 Å². The van der Waals surface area contributed by atoms with E-state index in [2.05, 4.69) is 10.3 Å². The fraction of sp³-hybridized carbons (Fsp3) is 0.0556. The van der Waals surface area contributed by atoms with Gasteiger partial charge in [0.25, 0.3) is 5.91 Å². The molecule has 3 rings (SSSR count). The van der Waals surface area contributed by atoms with Gasteiger partial charge in [0.05, 0.1) is 15.9 Å². The Balaban J connectivity index is 1.52. The van der Waals surface area contributed by atoms with Crippen molar-refractivity contribution in [1.29, 1.82) is 0 Å². The lowest BCUT2D eigenvalue weighted by Gasteiger charge is -2.06. The zero-order chi connectivity index (χ0) is 18.5. The van der Waals surface area contributed by atoms with Crippen molar-refractivity contribution in [2.45, 2.75) is 0 Å². The summed E-state index contributed by atoms with van der Waals surface area (Å²) in [5.41, 5.74) is 0.628. The summed E-state index contributed by atoms with van der Waals surface area (Å²) in [7, 11) is 0. The second-order valence-electron chi connectivity index (χ2n) is 5.13. The number of para-hydroxylation sites is 1. The van der Waals surface area contributed by atoms with E-state index in [-0.39, 0.29) is 5.69 Å². The second-order valence-corrected chi connectivity index (χ2v) is 6.20. The van der Waals surface area contributed by atoms with Crippen LogP contribution in [0.3, 0.4) is 0 Å². The number of hydrogen-bond donors (Lipinski definition) is 1. The van der Waals surface area contributed by atoms with Crippen LogP contribution in [0.25, 0.3) is 16.3 Å². The average molecular weight is 374 g/mol. The number of amides is 1. The first-order chi connectivity index (χ1) is 12.5. The van der Waals surface area contributed by atoms with Gasteiger partial charge in [-0.25, -0.2) is 18.6 Å². The van der Waals surface area contributed by atoms with Gasteiger partial charge in [-0.05, 0) is 30.3 Å². The van der Waals surface area contributed by atoms with E-state index in [0.717, 1.165) is 28.4 Å². The van der Waals surface area contributed by atoms with E-state index in [0.29, 0.717) is 11.1 Å². The van der Waals surface area contributed by atoms with Gasteiger partial charge in [0.2, 0.25) is 0 Å². The summed E-state index contributed by atoms with van der Waals surface area (Å²) < 4.78 is 32.0. The van der Waals surface area contributed by atoms with Crippen LogP contribution in [0, 0.1) is 11.6 Å². The van der Waals surface area contributed by atoms with Crippen molar-refractivity contribution in [2.75, 3.05) is 11.9 Å². The molecule has 0 bridgehead atoms. The molecule has 132 valence electrons. The van der Waals surface area contributed by atoms with E-state index < -0.39 is 30.1 Å². The molecule has 0 atom stereocenters. The number of thiazole rings is 1. The first-order valence-electron chi connectivity index (χ1n) is 7.46. The maximum atomic E-state index is 13.4. The fourth-order valence-corrected chi connectivity index (χ4v) is 2.93. The molecule has 3 aromatic rings. The SMILES string of the molecule is O=C(COC(=O)/C=C/c1nc2ccccc2s1)Nc1ccc(F)cc1F. The Morgan fingerprint density at radius 3 is 2.77 bits per heavy atom. The number of esters is 1. The van der Waals surface area contributed by atoms with Crippen molar-refractivity contribution in [1.82, 2.24) is 4.98 Å². The molecular weight excluding hydrogens is 362 g/mol. The van der Waals surface area contributed by atoms with Crippen LogP contribution in [0.4, 0.5) is 14.5 Å². The van der Waals surface area contributed by atoms with E-state index in [1.165, 1.54) is 17.4 Å². The number of carbonyl (C=O) groups is 2. The Kier molecular flexibility index (Phi) is 5.33. The Hall–Kier alpha value is -3.13. The fourth-order valence-electron chi connectivity index (χ4n) is 2.06. The van der Waals surface area contributed by atoms with Gasteiger partial charge >= 0.3 is 5.97 Å². The van der Waals surface area contributed by atoms with Crippen molar-refractivity contribution >= 4 is 45.2 Å². The van der Waals surface area contributed by atoms with Gasteiger partial charge in [-0.15, -0.1) is 11.3 Å². The molecule has 0 unspecified atom stereocenters. The van der Waals surface area contributed by atoms with Gasteiger partial charge in [-0.2, -0.15) is 0 Å². The molecule has 26 heavy (non-hydrogen) atoms. The molecule has 1 N–H and O–H groups in total. The molecule has 0 fully saturated rings. The van der Waals surface area contributed by atoms with Crippen LogP contribution in [0.2, 0.25) is 0 Å². The summed E-state index contributed by atoms with van der Waals surface area (Å²) in [4.78, 5) is 27.7. The van der Waals surface area contributed by atoms with E-state index in [1.54, 1.807) is 0 Å². The maximum Gasteiger partial charge on any atom is 0.331 e. The van der Waals surface area contributed by atoms with Gasteiger partial charge in [-0.3, -0.25) is 4.79 Å². The van der Waals surface area contributed by atoms with Crippen molar-refractivity contribution in [3.05, 3.63) is 65.2 Å². The Bertz CT molecular complexity index is 968. The Labute approximate surface area is 150 Å². The van der Waals surface area contributed by atoms with E-state index in [4.69, 9.17) is 4.74 Å². The largest absolute Gasteiger partial charge is 0.452 e. The van der Waals surface area contributed by atoms with Crippen LogP contribution in [-0.4, -0.2) is 23.5 Å². The highest BCUT2D eigenvalue weighted by atomic mass is 32.1. The van der Waals surface area contributed by atoms with E-state index in [1.807, 2.05) is 24.3 Å². The van der Waals surface area contributed by atoms with Gasteiger partial charge in [0, 0.05) is 12.1 Å². The first-order valence-corrected chi connectivity index (χ1v) is 8.28. The van der Waals surface area contributed by atoms with Crippen LogP contribution in [0.1, 0.15) is 5.01 Å². The number of benzene rings is 2. The van der Waals surface area contributed by atoms with E-state index >= 15 is 0 Å². The predicted molar refractivity (Wildman–Crippen MR) is 94.6 cm³/mol. The molecule has 0 aliphatic rings. The molecule has 0 aliphatic carbocycles. The Morgan fingerprint density at radius 1 is 1.19 bits per heavy atom. The molecule has 0 saturated carbocycles. The summed E-state index contributed by atoms with van der Waals surface area (Å²) in [5, 5.41) is 2.82. The number of anilines is 1. The van der Waals surface area contributed by atoms with Gasteiger partial charge in [-0.1, -0.05) is 12.1 Å². The van der Waals surface area contributed by atoms with Crippen LogP contribution in [-0.2, 0) is 14.3 Å². The molecule has 0 radical (unpaired) electrons. The monoisotopic (exact) mass is 374 g/mol. The topological polar surface area (TPSA) is 68.3 Å². The number of halogens is 2. The number of fused-ring (bicyclic) bond motifs is 1. The third-order valence-corrected chi connectivity index (χ3v) is 4.22. The summed E-state index contributed by atoms with van der Waals surface area (Å²) in [6, 6.07) is 10.3. The molecule has 5 nitrogen and oxygen atoms in total. The van der Waals surface area contributed by atoms with Crippen LogP contribution >= 0.6 is 11.3 Å². The number of nitrogens with zero attached hydrogens (tertiary/aromatic N) is 1. The normalized spacial score (nSPS) is 11.0. The lowest BCUT2D eigenvalue weighted by Crippen LogP contribution is -2.20. The highest BCUT2D eigenvalue weighted by Crippen LogP contribution is 2.22. The minimum absolute atomic E-state index is 0.197. The molecule has 2 aromatic carbocycles. The van der Waals surface area contributed by atoms with Crippen LogP contribution in [0.15, 0.2) is 48.5 Å². The number of nitrogens with one attached hydrogen (secondary N) is 1. The van der Waals surface area contributed by atoms with Gasteiger partial charge < -0.3 is 10.1 Å². The standard InChI is InChI=1S/C18H12F2N2O3S/c19-11-5-6-13(12(20)9-11)21-16(23)10-25-18(24)8-7-17-22-14-3-1-2-4-15(14)26-17/h1-9H,10H2,(H,21,23)/b8-7+. The van der Waals surface area contributed by atoms with Crippen molar-refractivity contribution in [3.8, 4) is 0 Å². The minimum atomic E-state index is -0.916. The third-order valence-electron chi connectivity index (χ3n) is 3.22. The first kappa shape index (κ1) is 17.7. The molecule has 1 heterocycles. The average Bonchev–Trinajstić information content (AvgIpc) is 3.03. The number of carbonyl (C=O) groups excluding carboxylic acids is 2. The zero-order valence-corrected chi connectivity index (χ0v) is 14.1. The molecule has 1 amide bonds.